The van der Waals surface area contributed by atoms with Gasteiger partial charge in [0, 0.05) is 30.8 Å². The molecule has 0 saturated carbocycles. The van der Waals surface area contributed by atoms with Gasteiger partial charge >= 0.3 is 5.69 Å². The van der Waals surface area contributed by atoms with Gasteiger partial charge < -0.3 is 19.4 Å². The summed E-state index contributed by atoms with van der Waals surface area (Å²) in [6, 6.07) is 23.0. The van der Waals surface area contributed by atoms with Crippen molar-refractivity contribution in [2.24, 2.45) is 0 Å². The van der Waals surface area contributed by atoms with Crippen molar-refractivity contribution < 1.29 is 14.3 Å². The number of methoxy groups -OCH3 is 2. The van der Waals surface area contributed by atoms with E-state index in [1.807, 2.05) is 83.1 Å². The second-order valence-corrected chi connectivity index (χ2v) is 10.1. The summed E-state index contributed by atoms with van der Waals surface area (Å²) >= 11 is 0. The zero-order chi connectivity index (χ0) is 27.8. The lowest BCUT2D eigenvalue weighted by Crippen LogP contribution is -2.41. The van der Waals surface area contributed by atoms with Crippen LogP contribution in [0.5, 0.6) is 11.5 Å². The molecule has 1 saturated heterocycles. The van der Waals surface area contributed by atoms with Crippen LogP contribution < -0.4 is 15.2 Å². The standard InChI is InChI=1S/C31H31N5O4/c1-20-8-10-22(11-9-20)36-28(19-26(33-36)24-13-12-23(39-2)18-29(24)40-3)30(37)34-16-14-21(15-17-34)35-27-7-5-4-6-25(27)32-31(35)38/h4-13,18-19,21H,14-17H2,1-3H3,(H,32,38). The number of ether oxygens (including phenoxy) is 2. The summed E-state index contributed by atoms with van der Waals surface area (Å²) in [5, 5.41) is 4.86. The van der Waals surface area contributed by atoms with Gasteiger partial charge in [0.05, 0.1) is 36.6 Å². The van der Waals surface area contributed by atoms with Crippen LogP contribution in [-0.2, 0) is 0 Å². The number of rotatable bonds is 6. The molecule has 3 aromatic carbocycles. The van der Waals surface area contributed by atoms with Crippen LogP contribution in [0.3, 0.4) is 0 Å². The van der Waals surface area contributed by atoms with Crippen LogP contribution in [0.4, 0.5) is 0 Å². The molecule has 204 valence electrons. The number of nitrogens with zero attached hydrogens (tertiary/aromatic N) is 4. The minimum Gasteiger partial charge on any atom is -0.497 e. The number of hydrogen-bond acceptors (Lipinski definition) is 5. The Bertz CT molecular complexity index is 1740. The number of nitrogens with one attached hydrogen (secondary N) is 1. The van der Waals surface area contributed by atoms with Crippen molar-refractivity contribution in [1.82, 2.24) is 24.2 Å². The van der Waals surface area contributed by atoms with Crippen LogP contribution in [0, 0.1) is 6.92 Å². The van der Waals surface area contributed by atoms with Crippen molar-refractivity contribution in [3.8, 4) is 28.4 Å². The minimum atomic E-state index is -0.110. The summed E-state index contributed by atoms with van der Waals surface area (Å²) < 4.78 is 14.5. The zero-order valence-corrected chi connectivity index (χ0v) is 22.8. The fourth-order valence-corrected chi connectivity index (χ4v) is 5.48. The van der Waals surface area contributed by atoms with Crippen molar-refractivity contribution in [2.45, 2.75) is 25.8 Å². The van der Waals surface area contributed by atoms with E-state index in [4.69, 9.17) is 14.6 Å². The third kappa shape index (κ3) is 4.53. The van der Waals surface area contributed by atoms with Crippen molar-refractivity contribution in [2.75, 3.05) is 27.3 Å². The lowest BCUT2D eigenvalue weighted by atomic mass is 10.0. The number of para-hydroxylation sites is 2. The highest BCUT2D eigenvalue weighted by atomic mass is 16.5. The van der Waals surface area contributed by atoms with Gasteiger partial charge in [-0.05, 0) is 62.2 Å². The number of carbonyl (C=O) groups excluding carboxylic acids is 1. The fourth-order valence-electron chi connectivity index (χ4n) is 5.48. The molecule has 0 radical (unpaired) electrons. The maximum Gasteiger partial charge on any atom is 0.326 e. The summed E-state index contributed by atoms with van der Waals surface area (Å²) in [5.74, 6) is 1.18. The van der Waals surface area contributed by atoms with E-state index in [0.29, 0.717) is 48.8 Å². The number of aromatic nitrogens is 4. The number of aromatic amines is 1. The molecule has 0 bridgehead atoms. The first-order valence-electron chi connectivity index (χ1n) is 13.3. The van der Waals surface area contributed by atoms with Crippen LogP contribution in [-0.4, -0.2) is 57.4 Å². The van der Waals surface area contributed by atoms with Gasteiger partial charge in [0.15, 0.2) is 0 Å². The summed E-state index contributed by atoms with van der Waals surface area (Å²) in [6.45, 7) is 3.10. The van der Waals surface area contributed by atoms with Crippen LogP contribution in [0.1, 0.15) is 34.9 Å². The molecule has 9 nitrogen and oxygen atoms in total. The van der Waals surface area contributed by atoms with E-state index in [9.17, 15) is 9.59 Å². The van der Waals surface area contributed by atoms with E-state index in [1.165, 1.54) is 0 Å². The van der Waals surface area contributed by atoms with Crippen LogP contribution in [0.2, 0.25) is 0 Å². The maximum absolute atomic E-state index is 14.0. The molecular formula is C31H31N5O4. The quantitative estimate of drug-likeness (QED) is 0.330. The summed E-state index contributed by atoms with van der Waals surface area (Å²) in [6.07, 6.45) is 1.37. The Balaban J connectivity index is 1.32. The molecule has 6 rings (SSSR count). The monoisotopic (exact) mass is 537 g/mol. The lowest BCUT2D eigenvalue weighted by Gasteiger charge is -2.32. The molecule has 0 spiro atoms. The Hall–Kier alpha value is -4.79. The van der Waals surface area contributed by atoms with Gasteiger partial charge in [-0.15, -0.1) is 0 Å². The van der Waals surface area contributed by atoms with Crippen molar-refractivity contribution in [1.29, 1.82) is 0 Å². The van der Waals surface area contributed by atoms with E-state index >= 15 is 0 Å². The molecule has 40 heavy (non-hydrogen) atoms. The Morgan fingerprint density at radius 2 is 1.70 bits per heavy atom. The van der Waals surface area contributed by atoms with Crippen LogP contribution in [0.15, 0.2) is 77.6 Å². The SMILES string of the molecule is COc1ccc(-c2cc(C(=O)N3CCC(n4c(=O)[nH]c5ccccc54)CC3)n(-c3ccc(C)cc3)n2)c(OC)c1. The topological polar surface area (TPSA) is 94.4 Å². The van der Waals surface area contributed by atoms with Crippen molar-refractivity contribution in [3.63, 3.8) is 0 Å². The molecule has 0 aliphatic carbocycles. The van der Waals surface area contributed by atoms with Crippen molar-refractivity contribution in [3.05, 3.63) is 94.5 Å². The van der Waals surface area contributed by atoms with Gasteiger partial charge in [0.2, 0.25) is 0 Å². The molecule has 1 fully saturated rings. The summed E-state index contributed by atoms with van der Waals surface area (Å²) in [7, 11) is 3.21. The normalized spacial score (nSPS) is 14.0. The Morgan fingerprint density at radius 1 is 0.950 bits per heavy atom. The maximum atomic E-state index is 14.0. The second-order valence-electron chi connectivity index (χ2n) is 10.1. The predicted octanol–water partition coefficient (Wildman–Crippen LogP) is 4.99. The molecule has 5 aromatic rings. The number of imidazole rings is 1. The van der Waals surface area contributed by atoms with Gasteiger partial charge in [-0.2, -0.15) is 5.10 Å². The zero-order valence-electron chi connectivity index (χ0n) is 22.8. The van der Waals surface area contributed by atoms with Crippen LogP contribution >= 0.6 is 0 Å². The highest BCUT2D eigenvalue weighted by Crippen LogP contribution is 2.34. The number of fused-ring (bicyclic) bond motifs is 1. The number of H-pyrrole nitrogens is 1. The first kappa shape index (κ1) is 25.5. The first-order valence-corrected chi connectivity index (χ1v) is 13.3. The van der Waals surface area contributed by atoms with Gasteiger partial charge in [0.1, 0.15) is 17.2 Å². The molecule has 0 atom stereocenters. The smallest absolute Gasteiger partial charge is 0.326 e. The first-order chi connectivity index (χ1) is 19.5. The molecular weight excluding hydrogens is 506 g/mol. The fraction of sp³-hybridized carbons (Fsp3) is 0.258. The third-order valence-electron chi connectivity index (χ3n) is 7.63. The highest BCUT2D eigenvalue weighted by molar-refractivity contribution is 5.94. The lowest BCUT2D eigenvalue weighted by molar-refractivity contribution is 0.0685. The average Bonchev–Trinajstić information content (AvgIpc) is 3.58. The minimum absolute atomic E-state index is 0.0221. The van der Waals surface area contributed by atoms with Gasteiger partial charge in [0.25, 0.3) is 5.91 Å². The molecule has 0 unspecified atom stereocenters. The summed E-state index contributed by atoms with van der Waals surface area (Å²) in [4.78, 5) is 31.5. The number of piperidine rings is 1. The number of hydrogen-bond donors (Lipinski definition) is 1. The van der Waals surface area contributed by atoms with E-state index in [0.717, 1.165) is 27.8 Å². The number of aryl methyl sites for hydroxylation is 1. The van der Waals surface area contributed by atoms with Crippen LogP contribution in [0.25, 0.3) is 28.0 Å². The van der Waals surface area contributed by atoms with Gasteiger partial charge in [-0.25, -0.2) is 9.48 Å². The highest BCUT2D eigenvalue weighted by Gasteiger charge is 2.29. The van der Waals surface area contributed by atoms with Crippen molar-refractivity contribution >= 4 is 16.9 Å². The largest absolute Gasteiger partial charge is 0.497 e. The number of benzene rings is 3. The number of likely N-dealkylation sites (tertiary alicyclic amines) is 1. The molecule has 1 aliphatic rings. The Labute approximate surface area is 231 Å². The Morgan fingerprint density at radius 3 is 2.42 bits per heavy atom. The third-order valence-corrected chi connectivity index (χ3v) is 7.63. The molecule has 3 heterocycles. The molecule has 2 aromatic heterocycles. The average molecular weight is 538 g/mol. The molecule has 9 heteroatoms. The van der Waals surface area contributed by atoms with E-state index in [-0.39, 0.29) is 17.6 Å². The Kier molecular flexibility index (Phi) is 6.63. The predicted molar refractivity (Wildman–Crippen MR) is 154 cm³/mol. The second kappa shape index (κ2) is 10.4. The van der Waals surface area contributed by atoms with Gasteiger partial charge in [-0.1, -0.05) is 29.8 Å². The molecule has 1 aliphatic heterocycles. The molecule has 1 N–H and O–H groups in total. The number of carbonyl (C=O) groups is 1. The van der Waals surface area contributed by atoms with E-state index in [2.05, 4.69) is 4.98 Å². The van der Waals surface area contributed by atoms with Gasteiger partial charge in [-0.3, -0.25) is 9.36 Å². The van der Waals surface area contributed by atoms with E-state index in [1.54, 1.807) is 25.0 Å². The summed E-state index contributed by atoms with van der Waals surface area (Å²) in [5.41, 5.74) is 5.40. The number of amides is 1. The molecule has 1 amide bonds. The van der Waals surface area contributed by atoms with E-state index < -0.39 is 0 Å².